The highest BCUT2D eigenvalue weighted by atomic mass is 15.3. The minimum atomic E-state index is 0.952. The van der Waals surface area contributed by atoms with Crippen molar-refractivity contribution < 1.29 is 0 Å². The number of nitrogens with zero attached hydrogens (tertiary/aromatic N) is 3. The van der Waals surface area contributed by atoms with Gasteiger partial charge in [0, 0.05) is 52.9 Å². The predicted molar refractivity (Wildman–Crippen MR) is 106 cm³/mol. The summed E-state index contributed by atoms with van der Waals surface area (Å²) in [5, 5.41) is 6.88. The van der Waals surface area contributed by atoms with E-state index in [-0.39, 0.29) is 0 Å². The van der Waals surface area contributed by atoms with Crippen molar-refractivity contribution in [2.24, 2.45) is 4.99 Å². The molecule has 5 heteroatoms. The van der Waals surface area contributed by atoms with Gasteiger partial charge in [0.25, 0.3) is 0 Å². The van der Waals surface area contributed by atoms with E-state index in [1.54, 1.807) is 0 Å². The van der Waals surface area contributed by atoms with E-state index in [9.17, 15) is 0 Å². The molecule has 0 radical (unpaired) electrons. The van der Waals surface area contributed by atoms with E-state index in [0.717, 1.165) is 25.6 Å². The maximum atomic E-state index is 4.32. The molecule has 0 aromatic rings. The Morgan fingerprint density at radius 1 is 0.792 bits per heavy atom. The second-order valence-electron chi connectivity index (χ2n) is 6.82. The third-order valence-corrected chi connectivity index (χ3v) is 4.93. The molecule has 1 rings (SSSR count). The van der Waals surface area contributed by atoms with Crippen molar-refractivity contribution in [1.29, 1.82) is 0 Å². The van der Waals surface area contributed by atoms with Gasteiger partial charge in [-0.2, -0.15) is 0 Å². The summed E-state index contributed by atoms with van der Waals surface area (Å²) >= 11 is 0. The van der Waals surface area contributed by atoms with Gasteiger partial charge in [-0.1, -0.05) is 52.4 Å². The van der Waals surface area contributed by atoms with E-state index in [1.807, 2.05) is 7.05 Å². The van der Waals surface area contributed by atoms with Gasteiger partial charge in [-0.05, 0) is 13.0 Å². The van der Waals surface area contributed by atoms with Crippen molar-refractivity contribution in [2.75, 3.05) is 59.4 Å². The molecule has 2 N–H and O–H groups in total. The maximum absolute atomic E-state index is 4.32. The number of piperazine rings is 1. The number of unbranched alkanes of at least 4 members (excludes halogenated alkanes) is 6. The lowest BCUT2D eigenvalue weighted by atomic mass is 10.1. The third kappa shape index (κ3) is 10.1. The first-order valence-electron chi connectivity index (χ1n) is 10.2. The zero-order valence-electron chi connectivity index (χ0n) is 16.4. The summed E-state index contributed by atoms with van der Waals surface area (Å²) in [5.41, 5.74) is 0. The summed E-state index contributed by atoms with van der Waals surface area (Å²) < 4.78 is 0. The lowest BCUT2D eigenvalue weighted by Gasteiger charge is -2.34. The molecule has 1 fully saturated rings. The fourth-order valence-electron chi connectivity index (χ4n) is 3.17. The van der Waals surface area contributed by atoms with Gasteiger partial charge < -0.3 is 15.5 Å². The zero-order valence-corrected chi connectivity index (χ0v) is 16.4. The van der Waals surface area contributed by atoms with Crippen LogP contribution in [0.4, 0.5) is 0 Å². The molecule has 5 nitrogen and oxygen atoms in total. The zero-order chi connectivity index (χ0) is 17.5. The van der Waals surface area contributed by atoms with E-state index in [1.165, 1.54) is 77.7 Å². The van der Waals surface area contributed by atoms with Crippen molar-refractivity contribution >= 4 is 5.96 Å². The molecule has 1 saturated heterocycles. The third-order valence-electron chi connectivity index (χ3n) is 4.93. The van der Waals surface area contributed by atoms with Crippen molar-refractivity contribution in [3.63, 3.8) is 0 Å². The molecule has 0 spiro atoms. The van der Waals surface area contributed by atoms with Crippen LogP contribution in [0, 0.1) is 0 Å². The van der Waals surface area contributed by atoms with Gasteiger partial charge in [-0.15, -0.1) is 0 Å². The van der Waals surface area contributed by atoms with E-state index < -0.39 is 0 Å². The molecular formula is C19H41N5. The number of aliphatic imine (C=N–C) groups is 1. The first-order chi connectivity index (χ1) is 11.8. The first kappa shape index (κ1) is 21.2. The van der Waals surface area contributed by atoms with Gasteiger partial charge in [0.1, 0.15) is 0 Å². The van der Waals surface area contributed by atoms with Crippen molar-refractivity contribution in [3.8, 4) is 0 Å². The van der Waals surface area contributed by atoms with Gasteiger partial charge in [0.2, 0.25) is 0 Å². The largest absolute Gasteiger partial charge is 0.356 e. The molecule has 1 aliphatic heterocycles. The van der Waals surface area contributed by atoms with E-state index in [2.05, 4.69) is 39.3 Å². The average Bonchev–Trinajstić information content (AvgIpc) is 2.63. The summed E-state index contributed by atoms with van der Waals surface area (Å²) in [6.07, 6.45) is 9.46. The van der Waals surface area contributed by atoms with Crippen LogP contribution in [0.3, 0.4) is 0 Å². The highest BCUT2D eigenvalue weighted by Crippen LogP contribution is 2.06. The second-order valence-corrected chi connectivity index (χ2v) is 6.82. The average molecular weight is 340 g/mol. The van der Waals surface area contributed by atoms with Crippen LogP contribution in [0.2, 0.25) is 0 Å². The number of guanidine groups is 1. The topological polar surface area (TPSA) is 42.9 Å². The lowest BCUT2D eigenvalue weighted by Crippen LogP contribution is -2.49. The number of nitrogens with one attached hydrogen (secondary N) is 2. The van der Waals surface area contributed by atoms with Crippen molar-refractivity contribution in [3.05, 3.63) is 0 Å². The molecule has 1 aliphatic rings. The molecule has 0 aromatic heterocycles. The molecule has 0 aromatic carbocycles. The van der Waals surface area contributed by atoms with Gasteiger partial charge in [-0.25, -0.2) is 0 Å². The predicted octanol–water partition coefficient (Wildman–Crippen LogP) is 2.54. The standard InChI is InChI=1S/C19H41N5/c1-4-6-7-8-9-10-11-12-21-19(20-3)22-13-14-24-17-15-23(5-2)16-18-24/h4-18H2,1-3H3,(H2,20,21,22). The molecule has 0 aliphatic carbocycles. The fourth-order valence-corrected chi connectivity index (χ4v) is 3.17. The maximum Gasteiger partial charge on any atom is 0.191 e. The number of likely N-dealkylation sites (N-methyl/N-ethyl adjacent to an activating group) is 1. The Bertz CT molecular complexity index is 311. The Morgan fingerprint density at radius 3 is 2.00 bits per heavy atom. The monoisotopic (exact) mass is 339 g/mol. The smallest absolute Gasteiger partial charge is 0.191 e. The van der Waals surface area contributed by atoms with Gasteiger partial charge in [0.15, 0.2) is 5.96 Å². The SMILES string of the molecule is CCCCCCCCCNC(=NC)NCCN1CCN(CC)CC1. The molecule has 1 heterocycles. The van der Waals surface area contributed by atoms with Crippen LogP contribution in [-0.2, 0) is 0 Å². The Hall–Kier alpha value is -0.810. The van der Waals surface area contributed by atoms with E-state index >= 15 is 0 Å². The van der Waals surface area contributed by atoms with Crippen LogP contribution in [-0.4, -0.2) is 75.2 Å². The molecule has 0 unspecified atom stereocenters. The molecule has 0 amide bonds. The van der Waals surface area contributed by atoms with Gasteiger partial charge >= 0.3 is 0 Å². The number of rotatable bonds is 12. The van der Waals surface area contributed by atoms with Crippen LogP contribution >= 0.6 is 0 Å². The molecule has 0 atom stereocenters. The van der Waals surface area contributed by atoms with Crippen LogP contribution in [0.15, 0.2) is 4.99 Å². The molecule has 24 heavy (non-hydrogen) atoms. The van der Waals surface area contributed by atoms with Crippen LogP contribution < -0.4 is 10.6 Å². The molecule has 0 bridgehead atoms. The van der Waals surface area contributed by atoms with Crippen molar-refractivity contribution in [2.45, 2.75) is 58.8 Å². The van der Waals surface area contributed by atoms with Crippen molar-refractivity contribution in [1.82, 2.24) is 20.4 Å². The Labute approximate surface area is 150 Å². The fraction of sp³-hybridized carbons (Fsp3) is 0.947. The van der Waals surface area contributed by atoms with Gasteiger partial charge in [-0.3, -0.25) is 9.89 Å². The Balaban J connectivity index is 1.97. The van der Waals surface area contributed by atoms with Crippen LogP contribution in [0.1, 0.15) is 58.8 Å². The minimum absolute atomic E-state index is 0.952. The number of hydrogen-bond acceptors (Lipinski definition) is 3. The van der Waals surface area contributed by atoms with Crippen LogP contribution in [0.25, 0.3) is 0 Å². The molecule has 0 saturated carbocycles. The summed E-state index contributed by atoms with van der Waals surface area (Å²) in [6.45, 7) is 13.6. The van der Waals surface area contributed by atoms with Gasteiger partial charge in [0.05, 0.1) is 0 Å². The minimum Gasteiger partial charge on any atom is -0.356 e. The molecular weight excluding hydrogens is 298 g/mol. The highest BCUT2D eigenvalue weighted by Gasteiger charge is 2.14. The normalized spacial score (nSPS) is 17.2. The second kappa shape index (κ2) is 14.5. The number of hydrogen-bond donors (Lipinski definition) is 2. The first-order valence-corrected chi connectivity index (χ1v) is 10.2. The Morgan fingerprint density at radius 2 is 1.38 bits per heavy atom. The summed E-state index contributed by atoms with van der Waals surface area (Å²) in [7, 11) is 1.86. The highest BCUT2D eigenvalue weighted by molar-refractivity contribution is 5.79. The molecule has 142 valence electrons. The summed E-state index contributed by atoms with van der Waals surface area (Å²) in [6, 6.07) is 0. The van der Waals surface area contributed by atoms with E-state index in [0.29, 0.717) is 0 Å². The quantitative estimate of drug-likeness (QED) is 0.326. The van der Waals surface area contributed by atoms with E-state index in [4.69, 9.17) is 0 Å². The van der Waals surface area contributed by atoms with Crippen LogP contribution in [0.5, 0.6) is 0 Å². The summed E-state index contributed by atoms with van der Waals surface area (Å²) in [5.74, 6) is 0.952. The summed E-state index contributed by atoms with van der Waals surface area (Å²) in [4.78, 5) is 9.39. The Kier molecular flexibility index (Phi) is 12.9. The lowest BCUT2D eigenvalue weighted by molar-refractivity contribution is 0.139.